The molecule has 2 N–H and O–H groups in total. The fourth-order valence-corrected chi connectivity index (χ4v) is 1.72. The first-order valence-electron chi connectivity index (χ1n) is 5.20. The second kappa shape index (κ2) is 7.29. The number of aldehydes is 1. The van der Waals surface area contributed by atoms with Gasteiger partial charge >= 0.3 is 0 Å². The van der Waals surface area contributed by atoms with Crippen LogP contribution in [-0.2, 0) is 4.79 Å². The van der Waals surface area contributed by atoms with E-state index in [-0.39, 0.29) is 34.1 Å². The maximum absolute atomic E-state index is 13.5. The highest BCUT2D eigenvalue weighted by atomic mass is 127. The van der Waals surface area contributed by atoms with Gasteiger partial charge in [0.2, 0.25) is 5.78 Å². The lowest BCUT2D eigenvalue weighted by Gasteiger charge is -2.05. The summed E-state index contributed by atoms with van der Waals surface area (Å²) >= 11 is 1.62. The van der Waals surface area contributed by atoms with Crippen molar-refractivity contribution in [3.8, 4) is 0 Å². The first-order chi connectivity index (χ1) is 9.01. The Morgan fingerprint density at radius 3 is 2.63 bits per heavy atom. The summed E-state index contributed by atoms with van der Waals surface area (Å²) in [5, 5.41) is 11.1. The van der Waals surface area contributed by atoms with Crippen molar-refractivity contribution in [3.05, 3.63) is 44.7 Å². The quantitative estimate of drug-likeness (QED) is 0.114. The van der Waals surface area contributed by atoms with Gasteiger partial charge in [-0.25, -0.2) is 8.78 Å². The zero-order valence-electron chi connectivity index (χ0n) is 9.62. The van der Waals surface area contributed by atoms with E-state index in [2.05, 4.69) is 5.32 Å². The number of aliphatic hydroxyl groups is 1. The number of benzene rings is 1. The summed E-state index contributed by atoms with van der Waals surface area (Å²) < 4.78 is 26.6. The van der Waals surface area contributed by atoms with E-state index >= 15 is 0 Å². The molecular weight excluding hydrogens is 371 g/mol. The van der Waals surface area contributed by atoms with Crippen LogP contribution >= 0.6 is 22.6 Å². The Kier molecular flexibility index (Phi) is 6.03. The molecule has 0 spiro atoms. The minimum absolute atomic E-state index is 0.0796. The molecule has 0 aliphatic heterocycles. The van der Waals surface area contributed by atoms with Gasteiger partial charge in [0.15, 0.2) is 6.29 Å². The number of nitrogens with one attached hydrogen (secondary N) is 1. The Morgan fingerprint density at radius 1 is 1.37 bits per heavy atom. The fourth-order valence-electron chi connectivity index (χ4n) is 1.25. The van der Waals surface area contributed by atoms with Gasteiger partial charge in [0.25, 0.3) is 0 Å². The van der Waals surface area contributed by atoms with E-state index in [1.807, 2.05) is 0 Å². The van der Waals surface area contributed by atoms with Gasteiger partial charge in [0.05, 0.1) is 17.7 Å². The van der Waals surface area contributed by atoms with Gasteiger partial charge in [-0.2, -0.15) is 0 Å². The van der Waals surface area contributed by atoms with E-state index in [9.17, 15) is 18.4 Å². The maximum Gasteiger partial charge on any atom is 0.200 e. The molecule has 0 bridgehead atoms. The summed E-state index contributed by atoms with van der Waals surface area (Å²) in [4.78, 5) is 22.7. The number of halogens is 3. The molecule has 0 aliphatic carbocycles. The van der Waals surface area contributed by atoms with Crippen LogP contribution < -0.4 is 5.32 Å². The van der Waals surface area contributed by atoms with Crippen LogP contribution in [0.5, 0.6) is 0 Å². The predicted octanol–water partition coefficient (Wildman–Crippen LogP) is 1.42. The molecule has 0 saturated heterocycles. The normalized spacial score (nSPS) is 11.3. The van der Waals surface area contributed by atoms with Crippen molar-refractivity contribution in [2.24, 2.45) is 0 Å². The van der Waals surface area contributed by atoms with E-state index < -0.39 is 17.4 Å². The van der Waals surface area contributed by atoms with Crippen LogP contribution in [0.4, 0.5) is 8.78 Å². The van der Waals surface area contributed by atoms with Crippen LogP contribution in [0.3, 0.4) is 0 Å². The van der Waals surface area contributed by atoms with E-state index in [4.69, 9.17) is 5.11 Å². The molecule has 102 valence electrons. The van der Waals surface area contributed by atoms with Crippen molar-refractivity contribution < 1.29 is 23.5 Å². The number of rotatable bonds is 6. The van der Waals surface area contributed by atoms with Crippen molar-refractivity contribution in [2.75, 3.05) is 13.2 Å². The highest BCUT2D eigenvalue weighted by Gasteiger charge is 2.18. The molecule has 1 aromatic rings. The Labute approximate surface area is 121 Å². The number of allylic oxidation sites excluding steroid dienone is 1. The smallest absolute Gasteiger partial charge is 0.200 e. The standard InChI is InChI=1S/C12H10F2INO3/c13-9-4-10(14)11(15)3-8(9)12(19)7(6-18)5-16-1-2-17/h3-6,16-17H,1-2H2. The van der Waals surface area contributed by atoms with Gasteiger partial charge in [-0.15, -0.1) is 0 Å². The van der Waals surface area contributed by atoms with Crippen LogP contribution in [0.2, 0.25) is 0 Å². The molecule has 0 atom stereocenters. The first-order valence-corrected chi connectivity index (χ1v) is 6.28. The molecule has 0 aliphatic rings. The Balaban J connectivity index is 3.07. The Bertz CT molecular complexity index is 532. The van der Waals surface area contributed by atoms with E-state index in [1.54, 1.807) is 22.6 Å². The first kappa shape index (κ1) is 15.7. The van der Waals surface area contributed by atoms with Gasteiger partial charge in [-0.3, -0.25) is 9.59 Å². The average molecular weight is 381 g/mol. The van der Waals surface area contributed by atoms with Crippen molar-refractivity contribution in [1.82, 2.24) is 5.32 Å². The van der Waals surface area contributed by atoms with Gasteiger partial charge < -0.3 is 10.4 Å². The molecule has 4 nitrogen and oxygen atoms in total. The summed E-state index contributed by atoms with van der Waals surface area (Å²) in [6.45, 7) is -0.0340. The third-order valence-corrected chi connectivity index (χ3v) is 2.98. The van der Waals surface area contributed by atoms with Crippen LogP contribution in [0.25, 0.3) is 0 Å². The molecule has 0 saturated carbocycles. The number of hydrogen-bond acceptors (Lipinski definition) is 4. The topological polar surface area (TPSA) is 66.4 Å². The lowest BCUT2D eigenvalue weighted by atomic mass is 10.0. The van der Waals surface area contributed by atoms with Crippen molar-refractivity contribution >= 4 is 34.7 Å². The summed E-state index contributed by atoms with van der Waals surface area (Å²) in [6.07, 6.45) is 1.35. The minimum atomic E-state index is -1.03. The maximum atomic E-state index is 13.5. The zero-order chi connectivity index (χ0) is 14.4. The van der Waals surface area contributed by atoms with E-state index in [1.165, 1.54) is 0 Å². The highest BCUT2D eigenvalue weighted by Crippen LogP contribution is 2.19. The second-order valence-corrected chi connectivity index (χ2v) is 4.63. The molecule has 7 heteroatoms. The van der Waals surface area contributed by atoms with Crippen LogP contribution in [0, 0.1) is 15.2 Å². The Hall–Kier alpha value is -1.35. The third-order valence-electron chi connectivity index (χ3n) is 2.16. The summed E-state index contributed by atoms with van der Waals surface area (Å²) in [7, 11) is 0. The molecule has 19 heavy (non-hydrogen) atoms. The zero-order valence-corrected chi connectivity index (χ0v) is 11.8. The predicted molar refractivity (Wildman–Crippen MR) is 72.6 cm³/mol. The SMILES string of the molecule is O=CC(=CNCCO)C(=O)c1cc(I)c(F)cc1F. The molecule has 1 rings (SSSR count). The average Bonchev–Trinajstić information content (AvgIpc) is 2.38. The number of aliphatic hydroxyl groups excluding tert-OH is 1. The van der Waals surface area contributed by atoms with Gasteiger partial charge in [-0.1, -0.05) is 0 Å². The fraction of sp³-hybridized carbons (Fsp3) is 0.167. The summed E-state index contributed by atoms with van der Waals surface area (Å²) in [6, 6.07) is 1.63. The largest absolute Gasteiger partial charge is 0.395 e. The lowest BCUT2D eigenvalue weighted by molar-refractivity contribution is -0.104. The monoisotopic (exact) mass is 381 g/mol. The van der Waals surface area contributed by atoms with Crippen LogP contribution in [0.15, 0.2) is 23.9 Å². The highest BCUT2D eigenvalue weighted by molar-refractivity contribution is 14.1. The molecule has 0 amide bonds. The van der Waals surface area contributed by atoms with Crippen LogP contribution in [0.1, 0.15) is 10.4 Å². The number of Topliss-reactive ketones (excluding diaryl/α,β-unsaturated/α-hetero) is 1. The van der Waals surface area contributed by atoms with E-state index in [0.29, 0.717) is 6.07 Å². The molecular formula is C12H10F2INO3. The third kappa shape index (κ3) is 4.06. The minimum Gasteiger partial charge on any atom is -0.395 e. The lowest BCUT2D eigenvalue weighted by Crippen LogP contribution is -2.16. The summed E-state index contributed by atoms with van der Waals surface area (Å²) in [5.74, 6) is -2.65. The Morgan fingerprint density at radius 2 is 2.05 bits per heavy atom. The molecule has 0 unspecified atom stereocenters. The molecule has 0 fully saturated rings. The van der Waals surface area contributed by atoms with Crippen molar-refractivity contribution in [2.45, 2.75) is 0 Å². The summed E-state index contributed by atoms with van der Waals surface area (Å²) in [5.41, 5.74) is -0.690. The van der Waals surface area contributed by atoms with Gasteiger partial charge in [-0.05, 0) is 28.7 Å². The molecule has 0 aromatic heterocycles. The van der Waals surface area contributed by atoms with Crippen molar-refractivity contribution in [3.63, 3.8) is 0 Å². The number of carbonyl (C=O) groups excluding carboxylic acids is 2. The van der Waals surface area contributed by atoms with Crippen molar-refractivity contribution in [1.29, 1.82) is 0 Å². The number of carbonyl (C=O) groups is 2. The van der Waals surface area contributed by atoms with E-state index in [0.717, 1.165) is 12.3 Å². The molecule has 0 radical (unpaired) electrons. The van der Waals surface area contributed by atoms with Crippen LogP contribution in [-0.4, -0.2) is 30.3 Å². The van der Waals surface area contributed by atoms with Gasteiger partial charge in [0.1, 0.15) is 11.6 Å². The molecule has 1 aromatic carbocycles. The second-order valence-electron chi connectivity index (χ2n) is 3.47. The molecule has 0 heterocycles. The number of hydrogen-bond donors (Lipinski definition) is 2. The number of ketones is 1. The van der Waals surface area contributed by atoms with Gasteiger partial charge in [0, 0.05) is 22.4 Å².